The minimum Gasteiger partial charge on any atom is -0.478 e. The molecule has 8 heteroatoms. The van der Waals surface area contributed by atoms with Gasteiger partial charge in [-0.3, -0.25) is 9.48 Å². The Morgan fingerprint density at radius 2 is 1.89 bits per heavy atom. The second kappa shape index (κ2) is 8.24. The molecule has 0 unspecified atom stereocenters. The Morgan fingerprint density at radius 1 is 1.11 bits per heavy atom. The number of hydrogen-bond donors (Lipinski definition) is 2. The van der Waals surface area contributed by atoms with Gasteiger partial charge < -0.3 is 15.0 Å². The molecule has 1 aliphatic rings. The highest BCUT2D eigenvalue weighted by molar-refractivity contribution is 6.30. The van der Waals surface area contributed by atoms with Crippen molar-refractivity contribution < 1.29 is 14.7 Å². The summed E-state index contributed by atoms with van der Waals surface area (Å²) in [6.07, 6.45) is 5.49. The van der Waals surface area contributed by atoms with Crippen molar-refractivity contribution in [3.8, 4) is 0 Å². The molecule has 0 aliphatic heterocycles. The second-order valence-corrected chi connectivity index (χ2v) is 9.86. The second-order valence-electron chi connectivity index (χ2n) is 9.42. The van der Waals surface area contributed by atoms with Gasteiger partial charge in [-0.15, -0.1) is 0 Å². The predicted octanol–water partition coefficient (Wildman–Crippen LogP) is 5.35. The van der Waals surface area contributed by atoms with Gasteiger partial charge in [0.2, 0.25) is 0 Å². The van der Waals surface area contributed by atoms with Crippen LogP contribution < -0.4 is 5.32 Å². The van der Waals surface area contributed by atoms with Gasteiger partial charge in [0.15, 0.2) is 0 Å². The van der Waals surface area contributed by atoms with Gasteiger partial charge in [0.05, 0.1) is 22.2 Å². The topological polar surface area (TPSA) is 89.1 Å². The number of carboxylic acids is 1. The maximum absolute atomic E-state index is 13.8. The van der Waals surface area contributed by atoms with Gasteiger partial charge in [0.1, 0.15) is 5.52 Å². The number of halogens is 1. The van der Waals surface area contributed by atoms with Crippen LogP contribution in [0.2, 0.25) is 5.02 Å². The third kappa shape index (κ3) is 3.82. The zero-order chi connectivity index (χ0) is 25.0. The van der Waals surface area contributed by atoms with Crippen LogP contribution in [-0.4, -0.2) is 31.3 Å². The monoisotopic (exact) mass is 498 g/mol. The average molecular weight is 499 g/mol. The van der Waals surface area contributed by atoms with Gasteiger partial charge in [-0.1, -0.05) is 35.9 Å². The number of hydrogen-bond acceptors (Lipinski definition) is 3. The number of fused-ring (bicyclic) bond motifs is 3. The van der Waals surface area contributed by atoms with Crippen molar-refractivity contribution in [1.29, 1.82) is 0 Å². The highest BCUT2D eigenvalue weighted by atomic mass is 35.5. The maximum Gasteiger partial charge on any atom is 0.335 e. The van der Waals surface area contributed by atoms with Crippen LogP contribution in [0.3, 0.4) is 0 Å². The van der Waals surface area contributed by atoms with Crippen molar-refractivity contribution in [2.24, 2.45) is 7.05 Å². The molecule has 2 heterocycles. The number of aromatic carboxylic acids is 1. The first kappa shape index (κ1) is 22.4. The molecule has 2 N–H and O–H groups in total. The van der Waals surface area contributed by atoms with Gasteiger partial charge in [-0.2, -0.15) is 5.10 Å². The van der Waals surface area contributed by atoms with Crippen LogP contribution in [0.4, 0.5) is 0 Å². The fraction of sp³-hybridized carbons (Fsp3) is 0.179. The van der Waals surface area contributed by atoms with Crippen LogP contribution in [0.25, 0.3) is 21.8 Å². The average Bonchev–Trinajstić information content (AvgIpc) is 3.35. The van der Waals surface area contributed by atoms with E-state index in [1.165, 1.54) is 0 Å². The molecule has 0 saturated heterocycles. The first-order chi connectivity index (χ1) is 17.3. The molecule has 0 bridgehead atoms. The Labute approximate surface area is 211 Å². The number of carbonyl (C=O) groups excluding carboxylic acids is 1. The Kier molecular flexibility index (Phi) is 5.12. The Balaban J connectivity index is 1.42. The number of rotatable bonds is 6. The van der Waals surface area contributed by atoms with E-state index >= 15 is 0 Å². The van der Waals surface area contributed by atoms with Crippen LogP contribution in [0.15, 0.2) is 73.1 Å². The molecule has 3 aromatic carbocycles. The number of nitrogens with zero attached hydrogens (tertiary/aromatic N) is 3. The normalized spacial score (nSPS) is 14.3. The molecule has 0 spiro atoms. The molecule has 0 radical (unpaired) electrons. The first-order valence-corrected chi connectivity index (χ1v) is 12.1. The summed E-state index contributed by atoms with van der Waals surface area (Å²) in [7, 11) is 1.87. The van der Waals surface area contributed by atoms with Crippen molar-refractivity contribution in [3.63, 3.8) is 0 Å². The third-order valence-electron chi connectivity index (χ3n) is 6.90. The van der Waals surface area contributed by atoms with Gasteiger partial charge in [0.25, 0.3) is 5.91 Å². The summed E-state index contributed by atoms with van der Waals surface area (Å²) in [5.41, 5.74) is 3.91. The summed E-state index contributed by atoms with van der Waals surface area (Å²) in [6.45, 7) is 0.560. The van der Waals surface area contributed by atoms with Gasteiger partial charge in [0, 0.05) is 41.8 Å². The molecule has 1 fully saturated rings. The molecule has 180 valence electrons. The summed E-state index contributed by atoms with van der Waals surface area (Å²) in [6, 6.07) is 18.3. The van der Waals surface area contributed by atoms with E-state index in [9.17, 15) is 14.7 Å². The zero-order valence-corrected chi connectivity index (χ0v) is 20.3. The minimum absolute atomic E-state index is 0.170. The minimum atomic E-state index is -0.969. The molecule has 36 heavy (non-hydrogen) atoms. The van der Waals surface area contributed by atoms with E-state index in [2.05, 4.69) is 15.0 Å². The number of aromatic nitrogens is 3. The van der Waals surface area contributed by atoms with Crippen LogP contribution in [0, 0.1) is 0 Å². The predicted molar refractivity (Wildman–Crippen MR) is 139 cm³/mol. The Hall–Kier alpha value is -4.10. The number of benzene rings is 3. The lowest BCUT2D eigenvalue weighted by molar-refractivity contribution is 0.0696. The van der Waals surface area contributed by atoms with Crippen LogP contribution in [0.5, 0.6) is 0 Å². The van der Waals surface area contributed by atoms with E-state index in [-0.39, 0.29) is 11.5 Å². The van der Waals surface area contributed by atoms with Crippen molar-refractivity contribution >= 4 is 45.3 Å². The number of nitrogens with one attached hydrogen (secondary N) is 1. The van der Waals surface area contributed by atoms with E-state index in [1.54, 1.807) is 28.9 Å². The standard InChI is InChI=1S/C28H23ClN4O3/c1-32-16-19-14-23(26(34)30-28(10-11-28)20-7-5-18(6-8-20)27(35)36)25-22(24(19)31-32)9-12-33(25)15-17-3-2-4-21(29)13-17/h2-9,12-14,16H,10-11,15H2,1H3,(H,30,34)(H,35,36). The van der Waals surface area contributed by atoms with Crippen molar-refractivity contribution in [3.05, 3.63) is 100 Å². The van der Waals surface area contributed by atoms with Crippen molar-refractivity contribution in [1.82, 2.24) is 19.7 Å². The molecule has 0 atom stereocenters. The lowest BCUT2D eigenvalue weighted by Gasteiger charge is -2.19. The van der Waals surface area contributed by atoms with Crippen LogP contribution in [0.1, 0.15) is 44.7 Å². The lowest BCUT2D eigenvalue weighted by atomic mass is 10.0. The molecule has 1 saturated carbocycles. The van der Waals surface area contributed by atoms with E-state index < -0.39 is 11.5 Å². The van der Waals surface area contributed by atoms with Gasteiger partial charge in [-0.05, 0) is 60.4 Å². The zero-order valence-electron chi connectivity index (χ0n) is 19.5. The van der Waals surface area contributed by atoms with E-state index in [0.29, 0.717) is 17.1 Å². The first-order valence-electron chi connectivity index (χ1n) is 11.7. The lowest BCUT2D eigenvalue weighted by Crippen LogP contribution is -2.35. The number of aryl methyl sites for hydroxylation is 1. The fourth-order valence-electron chi connectivity index (χ4n) is 4.97. The maximum atomic E-state index is 13.8. The van der Waals surface area contributed by atoms with Gasteiger partial charge in [-0.25, -0.2) is 4.79 Å². The van der Waals surface area contributed by atoms with Gasteiger partial charge >= 0.3 is 5.97 Å². The Bertz CT molecular complexity index is 1660. The number of carboxylic acid groups (broad SMARTS) is 1. The highest BCUT2D eigenvalue weighted by Gasteiger charge is 2.46. The summed E-state index contributed by atoms with van der Waals surface area (Å²) in [5.74, 6) is -1.14. The van der Waals surface area contributed by atoms with E-state index in [4.69, 9.17) is 11.6 Å². The van der Waals surface area contributed by atoms with E-state index in [0.717, 1.165) is 45.8 Å². The largest absolute Gasteiger partial charge is 0.478 e. The molecule has 7 nitrogen and oxygen atoms in total. The van der Waals surface area contributed by atoms with E-state index in [1.807, 2.05) is 55.8 Å². The molecule has 6 rings (SSSR count). The fourth-order valence-corrected chi connectivity index (χ4v) is 5.19. The molecular formula is C28H23ClN4O3. The van der Waals surface area contributed by atoms with Crippen LogP contribution >= 0.6 is 11.6 Å². The summed E-state index contributed by atoms with van der Waals surface area (Å²) in [4.78, 5) is 25.0. The summed E-state index contributed by atoms with van der Waals surface area (Å²) in [5, 5.41) is 19.6. The molecule has 1 amide bonds. The Morgan fingerprint density at radius 3 is 2.58 bits per heavy atom. The smallest absolute Gasteiger partial charge is 0.335 e. The number of amides is 1. The molecule has 2 aromatic heterocycles. The quantitative estimate of drug-likeness (QED) is 0.330. The summed E-state index contributed by atoms with van der Waals surface area (Å²) >= 11 is 6.21. The molecule has 1 aliphatic carbocycles. The highest BCUT2D eigenvalue weighted by Crippen LogP contribution is 2.46. The molecule has 5 aromatic rings. The number of carbonyl (C=O) groups is 2. The van der Waals surface area contributed by atoms with Crippen molar-refractivity contribution in [2.45, 2.75) is 24.9 Å². The summed E-state index contributed by atoms with van der Waals surface area (Å²) < 4.78 is 3.82. The molecular weight excluding hydrogens is 476 g/mol. The van der Waals surface area contributed by atoms with Crippen LogP contribution in [-0.2, 0) is 19.1 Å². The van der Waals surface area contributed by atoms with Crippen molar-refractivity contribution in [2.75, 3.05) is 0 Å². The SMILES string of the molecule is Cn1cc2cc(C(=O)NC3(c4ccc(C(=O)O)cc4)CC3)c3c(ccn3Cc3cccc(Cl)c3)c2n1. The third-order valence-corrected chi connectivity index (χ3v) is 7.14.